The molecule has 0 amide bonds. The third-order valence-corrected chi connectivity index (χ3v) is 6.97. The SMILES string of the molecule is Cc1c(C(=O)O)cccc1S(=O)(=O)N[C@H]1CC[C@@H](c2ccc(O)cc2O)CC1. The Kier molecular flexibility index (Phi) is 5.62. The first-order valence-electron chi connectivity index (χ1n) is 9.06. The van der Waals surface area contributed by atoms with E-state index in [4.69, 9.17) is 0 Å². The van der Waals surface area contributed by atoms with Crippen LogP contribution in [0.25, 0.3) is 0 Å². The van der Waals surface area contributed by atoms with Gasteiger partial charge in [-0.2, -0.15) is 0 Å². The van der Waals surface area contributed by atoms with Crippen molar-refractivity contribution >= 4 is 16.0 Å². The van der Waals surface area contributed by atoms with Crippen LogP contribution in [0.3, 0.4) is 0 Å². The van der Waals surface area contributed by atoms with Gasteiger partial charge in [0.15, 0.2) is 0 Å². The summed E-state index contributed by atoms with van der Waals surface area (Å²) in [5, 5.41) is 28.6. The number of hydrogen-bond donors (Lipinski definition) is 4. The number of benzene rings is 2. The molecule has 0 bridgehead atoms. The van der Waals surface area contributed by atoms with E-state index in [1.807, 2.05) is 0 Å². The van der Waals surface area contributed by atoms with Crippen LogP contribution in [0.4, 0.5) is 0 Å². The van der Waals surface area contributed by atoms with Gasteiger partial charge in [-0.1, -0.05) is 12.1 Å². The number of phenolic OH excluding ortho intramolecular Hbond substituents is 2. The Labute approximate surface area is 163 Å². The van der Waals surface area contributed by atoms with Gasteiger partial charge in [-0.25, -0.2) is 17.9 Å². The lowest BCUT2D eigenvalue weighted by Crippen LogP contribution is -2.37. The Balaban J connectivity index is 1.70. The summed E-state index contributed by atoms with van der Waals surface area (Å²) < 4.78 is 28.2. The Morgan fingerprint density at radius 2 is 1.75 bits per heavy atom. The number of phenols is 2. The molecule has 0 atom stereocenters. The van der Waals surface area contributed by atoms with Crippen molar-refractivity contribution in [1.82, 2.24) is 4.72 Å². The highest BCUT2D eigenvalue weighted by Crippen LogP contribution is 2.38. The molecule has 0 spiro atoms. The lowest BCUT2D eigenvalue weighted by molar-refractivity contribution is 0.0695. The van der Waals surface area contributed by atoms with Gasteiger partial charge in [0, 0.05) is 12.1 Å². The molecule has 0 aromatic heterocycles. The van der Waals surface area contributed by atoms with Gasteiger partial charge in [-0.15, -0.1) is 0 Å². The zero-order valence-electron chi connectivity index (χ0n) is 15.4. The smallest absolute Gasteiger partial charge is 0.335 e. The second-order valence-electron chi connectivity index (χ2n) is 7.15. The van der Waals surface area contributed by atoms with Crippen molar-refractivity contribution in [3.8, 4) is 11.5 Å². The van der Waals surface area contributed by atoms with Gasteiger partial charge < -0.3 is 15.3 Å². The van der Waals surface area contributed by atoms with Crippen molar-refractivity contribution in [2.24, 2.45) is 0 Å². The van der Waals surface area contributed by atoms with Crippen LogP contribution >= 0.6 is 0 Å². The Hall–Kier alpha value is -2.58. The van der Waals surface area contributed by atoms with Crippen LogP contribution in [0.2, 0.25) is 0 Å². The molecule has 1 aliphatic carbocycles. The normalized spacial score (nSPS) is 20.0. The van der Waals surface area contributed by atoms with Gasteiger partial charge in [0.2, 0.25) is 10.0 Å². The molecule has 28 heavy (non-hydrogen) atoms. The molecule has 8 heteroatoms. The van der Waals surface area contributed by atoms with Crippen LogP contribution in [-0.2, 0) is 10.0 Å². The average Bonchev–Trinajstić information content (AvgIpc) is 2.62. The fourth-order valence-electron chi connectivity index (χ4n) is 3.82. The number of carbonyl (C=O) groups is 1. The first-order chi connectivity index (χ1) is 13.2. The molecule has 150 valence electrons. The van der Waals surface area contributed by atoms with E-state index in [0.29, 0.717) is 25.7 Å². The van der Waals surface area contributed by atoms with Crippen molar-refractivity contribution in [3.63, 3.8) is 0 Å². The zero-order valence-corrected chi connectivity index (χ0v) is 16.2. The number of carboxylic acids is 1. The van der Waals surface area contributed by atoms with Gasteiger partial charge in [-0.3, -0.25) is 0 Å². The van der Waals surface area contributed by atoms with Crippen molar-refractivity contribution in [2.75, 3.05) is 0 Å². The van der Waals surface area contributed by atoms with Crippen LogP contribution in [0, 0.1) is 6.92 Å². The number of aromatic carboxylic acids is 1. The molecule has 1 aliphatic rings. The van der Waals surface area contributed by atoms with Gasteiger partial charge >= 0.3 is 5.97 Å². The molecule has 0 radical (unpaired) electrons. The first-order valence-corrected chi connectivity index (χ1v) is 10.5. The highest BCUT2D eigenvalue weighted by molar-refractivity contribution is 7.89. The van der Waals surface area contributed by atoms with Crippen molar-refractivity contribution in [1.29, 1.82) is 0 Å². The molecule has 0 unspecified atom stereocenters. The highest BCUT2D eigenvalue weighted by Gasteiger charge is 2.29. The van der Waals surface area contributed by atoms with Gasteiger partial charge in [-0.05, 0) is 67.9 Å². The van der Waals surface area contributed by atoms with Crippen LogP contribution in [0.1, 0.15) is 53.1 Å². The monoisotopic (exact) mass is 405 g/mol. The van der Waals surface area contributed by atoms with Crippen LogP contribution in [0.5, 0.6) is 11.5 Å². The molecule has 3 rings (SSSR count). The number of rotatable bonds is 5. The number of hydrogen-bond acceptors (Lipinski definition) is 5. The zero-order chi connectivity index (χ0) is 20.5. The second kappa shape index (κ2) is 7.81. The first kappa shape index (κ1) is 20.2. The highest BCUT2D eigenvalue weighted by atomic mass is 32.2. The standard InChI is InChI=1S/C20H23NO6S/c1-12-16(20(24)25)3-2-4-19(12)28(26,27)21-14-7-5-13(6-8-14)17-10-9-15(22)11-18(17)23/h2-4,9-11,13-14,21-23H,5-8H2,1H3,(H,24,25)/t13-,14+. The molecular weight excluding hydrogens is 382 g/mol. The quantitative estimate of drug-likeness (QED) is 0.606. The summed E-state index contributed by atoms with van der Waals surface area (Å²) in [6, 6.07) is 8.49. The van der Waals surface area contributed by atoms with Gasteiger partial charge in [0.1, 0.15) is 11.5 Å². The maximum Gasteiger partial charge on any atom is 0.335 e. The lowest BCUT2D eigenvalue weighted by Gasteiger charge is -2.29. The number of aromatic hydroxyl groups is 2. The van der Waals surface area contributed by atoms with Crippen molar-refractivity contribution in [3.05, 3.63) is 53.1 Å². The van der Waals surface area contributed by atoms with Gasteiger partial charge in [0.05, 0.1) is 10.5 Å². The predicted molar refractivity (Wildman–Crippen MR) is 103 cm³/mol. The van der Waals surface area contributed by atoms with Crippen LogP contribution in [-0.4, -0.2) is 35.7 Å². The molecule has 0 aliphatic heterocycles. The van der Waals surface area contributed by atoms with E-state index in [2.05, 4.69) is 4.72 Å². The van der Waals surface area contributed by atoms with Gasteiger partial charge in [0.25, 0.3) is 0 Å². The molecule has 0 saturated heterocycles. The Bertz CT molecular complexity index is 994. The maximum atomic E-state index is 12.8. The van der Waals surface area contributed by atoms with E-state index in [1.54, 1.807) is 6.07 Å². The van der Waals surface area contributed by atoms with Crippen molar-refractivity contribution < 1.29 is 28.5 Å². The lowest BCUT2D eigenvalue weighted by atomic mass is 9.81. The van der Waals surface area contributed by atoms with E-state index in [9.17, 15) is 28.5 Å². The van der Waals surface area contributed by atoms with Crippen molar-refractivity contribution in [2.45, 2.75) is 49.5 Å². The minimum atomic E-state index is -3.84. The average molecular weight is 405 g/mol. The molecule has 2 aromatic carbocycles. The summed E-state index contributed by atoms with van der Waals surface area (Å²) in [4.78, 5) is 11.2. The summed E-state index contributed by atoms with van der Waals surface area (Å²) >= 11 is 0. The molecule has 7 nitrogen and oxygen atoms in total. The molecule has 2 aromatic rings. The van der Waals surface area contributed by atoms with E-state index < -0.39 is 16.0 Å². The third-order valence-electron chi connectivity index (χ3n) is 5.31. The fourth-order valence-corrected chi connectivity index (χ4v) is 5.39. The molecule has 4 N–H and O–H groups in total. The summed E-state index contributed by atoms with van der Waals surface area (Å²) in [7, 11) is -3.84. The summed E-state index contributed by atoms with van der Waals surface area (Å²) in [5.74, 6) is -1.02. The van der Waals surface area contributed by atoms with E-state index >= 15 is 0 Å². The summed E-state index contributed by atoms with van der Waals surface area (Å²) in [6.07, 6.45) is 2.59. The summed E-state index contributed by atoms with van der Waals surface area (Å²) in [5.41, 5.74) is 0.934. The largest absolute Gasteiger partial charge is 0.508 e. The Morgan fingerprint density at radius 1 is 1.07 bits per heavy atom. The molecule has 1 saturated carbocycles. The molecule has 0 heterocycles. The minimum Gasteiger partial charge on any atom is -0.508 e. The second-order valence-corrected chi connectivity index (χ2v) is 8.83. The van der Waals surface area contributed by atoms with E-state index in [-0.39, 0.29) is 39.5 Å². The Morgan fingerprint density at radius 3 is 2.36 bits per heavy atom. The summed E-state index contributed by atoms with van der Waals surface area (Å²) in [6.45, 7) is 1.49. The molecular formula is C20H23NO6S. The number of carboxylic acid groups (broad SMARTS) is 1. The third kappa shape index (κ3) is 4.13. The number of nitrogens with one attached hydrogen (secondary N) is 1. The van der Waals surface area contributed by atoms with E-state index in [1.165, 1.54) is 37.3 Å². The topological polar surface area (TPSA) is 124 Å². The maximum absolute atomic E-state index is 12.8. The van der Waals surface area contributed by atoms with E-state index in [0.717, 1.165) is 5.56 Å². The number of sulfonamides is 1. The molecule has 1 fully saturated rings. The fraction of sp³-hybridized carbons (Fsp3) is 0.350. The minimum absolute atomic E-state index is 0.00153. The van der Waals surface area contributed by atoms with Crippen LogP contribution < -0.4 is 4.72 Å². The van der Waals surface area contributed by atoms with Crippen LogP contribution in [0.15, 0.2) is 41.3 Å². The predicted octanol–water partition coefficient (Wildman–Crippen LogP) is 3.11.